The molecule has 472 valence electrons. The molecule has 0 fully saturated rings. The Balaban J connectivity index is 0.000000154. The van der Waals surface area contributed by atoms with Crippen molar-refractivity contribution in [1.29, 1.82) is 0 Å². The monoisotopic (exact) mass is 1260 g/mol. The quantitative estimate of drug-likeness (QED) is 0.143. The van der Waals surface area contributed by atoms with Crippen LogP contribution in [0.1, 0.15) is 77.6 Å². The molecule has 0 aliphatic heterocycles. The Morgan fingerprint density at radius 2 is 0.459 bits per heavy atom. The molecule has 0 unspecified atom stereocenters. The highest BCUT2D eigenvalue weighted by molar-refractivity contribution is 6.06. The molecule has 0 N–H and O–H groups in total. The van der Waals surface area contributed by atoms with Crippen LogP contribution in [0.3, 0.4) is 0 Å². The molecule has 0 saturated carbocycles. The van der Waals surface area contributed by atoms with Crippen LogP contribution in [-0.4, -0.2) is 29.9 Å². The summed E-state index contributed by atoms with van der Waals surface area (Å²) >= 11 is 0. The smallest absolute Gasteiger partial charge is 0.164 e. The molecule has 0 saturated heterocycles. The van der Waals surface area contributed by atoms with E-state index in [2.05, 4.69) is 286 Å². The van der Waals surface area contributed by atoms with Gasteiger partial charge in [0.15, 0.2) is 34.9 Å². The Bertz CT molecular complexity index is 5430. The lowest BCUT2D eigenvalue weighted by molar-refractivity contribution is 0.299. The SMILES string of the molecule is CC1(C)c2cc(-c3ccccc3)ccc2-c2ccc(-c3ccc(-c4nc(-c5ccccc5)nc(-c5ccccc5)n4)c4ccccc34)cc2C1(C)C.CC1(C)c2ccccc2-c2cccc(-c3cccc4c(-c5nc(-c6ccccc6)nc(-c6ccccc6)n5)cccc34)c2C1(C)C. The maximum Gasteiger partial charge on any atom is 0.164 e. The van der Waals surface area contributed by atoms with Gasteiger partial charge in [0.1, 0.15) is 0 Å². The Hall–Kier alpha value is -11.6. The van der Waals surface area contributed by atoms with Gasteiger partial charge in [-0.05, 0) is 134 Å². The van der Waals surface area contributed by atoms with Crippen LogP contribution >= 0.6 is 0 Å². The van der Waals surface area contributed by atoms with Crippen LogP contribution in [0.4, 0.5) is 0 Å². The van der Waals surface area contributed by atoms with Crippen molar-refractivity contribution in [1.82, 2.24) is 29.9 Å². The molecule has 0 spiro atoms. The van der Waals surface area contributed by atoms with E-state index in [1.807, 2.05) is 72.8 Å². The topological polar surface area (TPSA) is 77.3 Å². The van der Waals surface area contributed by atoms with Gasteiger partial charge in [0.05, 0.1) is 0 Å². The summed E-state index contributed by atoms with van der Waals surface area (Å²) in [7, 11) is 0. The summed E-state index contributed by atoms with van der Waals surface area (Å²) in [4.78, 5) is 30.1. The van der Waals surface area contributed by atoms with E-state index < -0.39 is 0 Å². The van der Waals surface area contributed by atoms with Crippen LogP contribution in [0.2, 0.25) is 0 Å². The Morgan fingerprint density at radius 1 is 0.173 bits per heavy atom. The van der Waals surface area contributed by atoms with Gasteiger partial charge in [-0.1, -0.05) is 341 Å². The number of nitrogens with zero attached hydrogens (tertiary/aromatic N) is 6. The fraction of sp³-hybridized carbons (Fsp3) is 0.130. The summed E-state index contributed by atoms with van der Waals surface area (Å²) in [6.45, 7) is 19.2. The second-order valence-corrected chi connectivity index (χ2v) is 28.1. The minimum atomic E-state index is -0.122. The van der Waals surface area contributed by atoms with Gasteiger partial charge < -0.3 is 0 Å². The third kappa shape index (κ3) is 10.4. The average Bonchev–Trinajstić information content (AvgIpc) is 0.712. The van der Waals surface area contributed by atoms with Crippen LogP contribution in [0.25, 0.3) is 146 Å². The molecule has 6 nitrogen and oxygen atoms in total. The highest BCUT2D eigenvalue weighted by atomic mass is 15.0. The van der Waals surface area contributed by atoms with Crippen LogP contribution in [0, 0.1) is 0 Å². The number of hydrogen-bond acceptors (Lipinski definition) is 6. The minimum Gasteiger partial charge on any atom is -0.208 e. The van der Waals surface area contributed by atoms with Gasteiger partial charge in [0.25, 0.3) is 0 Å². The number of hydrogen-bond donors (Lipinski definition) is 0. The summed E-state index contributed by atoms with van der Waals surface area (Å²) in [5.41, 5.74) is 23.7. The first-order valence-corrected chi connectivity index (χ1v) is 34.0. The van der Waals surface area contributed by atoms with Crippen LogP contribution in [0.5, 0.6) is 0 Å². The Labute approximate surface area is 574 Å². The van der Waals surface area contributed by atoms with Gasteiger partial charge in [-0.3, -0.25) is 0 Å². The highest BCUT2D eigenvalue weighted by Gasteiger charge is 2.48. The molecule has 0 atom stereocenters. The molecular weight excluding hydrogens is 1190 g/mol. The molecule has 15 aromatic rings. The molecular formula is C92H74N6. The van der Waals surface area contributed by atoms with Gasteiger partial charge in [-0.15, -0.1) is 0 Å². The molecule has 0 bridgehead atoms. The molecule has 2 aromatic heterocycles. The first kappa shape index (κ1) is 61.3. The van der Waals surface area contributed by atoms with E-state index >= 15 is 0 Å². The number of rotatable bonds is 9. The highest BCUT2D eigenvalue weighted by Crippen LogP contribution is 2.58. The van der Waals surface area contributed by atoms with Crippen molar-refractivity contribution in [3.8, 4) is 124 Å². The lowest BCUT2D eigenvalue weighted by atomic mass is 9.54. The van der Waals surface area contributed by atoms with E-state index in [-0.39, 0.29) is 21.7 Å². The maximum absolute atomic E-state index is 5.07. The van der Waals surface area contributed by atoms with Crippen molar-refractivity contribution in [3.63, 3.8) is 0 Å². The lowest BCUT2D eigenvalue weighted by Crippen LogP contribution is -2.43. The van der Waals surface area contributed by atoms with Crippen molar-refractivity contribution in [2.75, 3.05) is 0 Å². The van der Waals surface area contributed by atoms with Gasteiger partial charge >= 0.3 is 0 Å². The molecule has 13 aromatic carbocycles. The third-order valence-corrected chi connectivity index (χ3v) is 21.8. The zero-order valence-corrected chi connectivity index (χ0v) is 56.6. The molecule has 98 heavy (non-hydrogen) atoms. The zero-order valence-electron chi connectivity index (χ0n) is 56.6. The largest absolute Gasteiger partial charge is 0.208 e. The number of aromatic nitrogens is 6. The Kier molecular flexibility index (Phi) is 15.2. The summed E-state index contributed by atoms with van der Waals surface area (Å²) in [5, 5.41) is 4.59. The van der Waals surface area contributed by atoms with Crippen molar-refractivity contribution >= 4 is 21.5 Å². The zero-order chi connectivity index (χ0) is 66.9. The third-order valence-electron chi connectivity index (χ3n) is 21.8. The summed E-state index contributed by atoms with van der Waals surface area (Å²) in [5.74, 6) is 3.98. The molecule has 2 aliphatic carbocycles. The standard InChI is InChI=1S/C49H39N3.C43H35N3/c1-48(2)43-30-35(32-16-8-5-9-17-32)24-26-40(43)41-27-25-36(31-44(41)49(48,3)4)37-28-29-42(39-23-15-14-22-38(37)39)47-51-45(33-18-10-6-11-19-33)50-46(52-47)34-20-12-7-13-21-34;1-42(2)37-27-12-11-20-33(37)35-25-15-24-34(38(35)43(42,3)4)31-22-13-23-32-30(31)21-14-26-36(32)41-45-39(28-16-7-5-8-17-28)44-40(46-41)29-18-9-6-10-19-29/h5-31H,1-4H3;5-27H,1-4H3. The molecule has 0 radical (unpaired) electrons. The fourth-order valence-electron chi connectivity index (χ4n) is 15.2. The first-order valence-electron chi connectivity index (χ1n) is 34.0. The van der Waals surface area contributed by atoms with E-state index in [1.54, 1.807) is 0 Å². The molecule has 0 amide bonds. The lowest BCUT2D eigenvalue weighted by Gasteiger charge is -2.49. The van der Waals surface area contributed by atoms with E-state index in [1.165, 1.54) is 88.7 Å². The van der Waals surface area contributed by atoms with E-state index in [0.29, 0.717) is 34.9 Å². The van der Waals surface area contributed by atoms with E-state index in [4.69, 9.17) is 29.9 Å². The predicted molar refractivity (Wildman–Crippen MR) is 407 cm³/mol. The van der Waals surface area contributed by atoms with E-state index in [0.717, 1.165) is 44.2 Å². The van der Waals surface area contributed by atoms with Gasteiger partial charge in [0, 0.05) is 38.8 Å². The summed E-state index contributed by atoms with van der Waals surface area (Å²) in [6.07, 6.45) is 0. The normalized spacial score (nSPS) is 14.2. The average molecular weight is 1260 g/mol. The van der Waals surface area contributed by atoms with Crippen molar-refractivity contribution in [3.05, 3.63) is 326 Å². The first-order chi connectivity index (χ1) is 47.6. The van der Waals surface area contributed by atoms with Crippen LogP contribution in [-0.2, 0) is 21.7 Å². The molecule has 17 rings (SSSR count). The fourth-order valence-corrected chi connectivity index (χ4v) is 15.2. The minimum absolute atomic E-state index is 0.0605. The van der Waals surface area contributed by atoms with Gasteiger partial charge in [-0.2, -0.15) is 0 Å². The summed E-state index contributed by atoms with van der Waals surface area (Å²) in [6, 6.07) is 107. The number of benzene rings is 13. The van der Waals surface area contributed by atoms with Gasteiger partial charge in [0.2, 0.25) is 0 Å². The van der Waals surface area contributed by atoms with Crippen LogP contribution < -0.4 is 0 Å². The molecule has 6 heteroatoms. The predicted octanol–water partition coefficient (Wildman–Crippen LogP) is 23.5. The van der Waals surface area contributed by atoms with E-state index in [9.17, 15) is 0 Å². The number of fused-ring (bicyclic) bond motifs is 8. The van der Waals surface area contributed by atoms with Crippen molar-refractivity contribution < 1.29 is 0 Å². The Morgan fingerprint density at radius 3 is 0.949 bits per heavy atom. The summed E-state index contributed by atoms with van der Waals surface area (Å²) < 4.78 is 0. The second-order valence-electron chi connectivity index (χ2n) is 28.1. The van der Waals surface area contributed by atoms with Crippen LogP contribution in [0.15, 0.2) is 303 Å². The van der Waals surface area contributed by atoms with Gasteiger partial charge in [-0.25, -0.2) is 29.9 Å². The van der Waals surface area contributed by atoms with Crippen molar-refractivity contribution in [2.24, 2.45) is 0 Å². The molecule has 2 aliphatic rings. The second kappa shape index (κ2) is 24.2. The molecule has 2 heterocycles. The van der Waals surface area contributed by atoms with Crippen molar-refractivity contribution in [2.45, 2.75) is 77.0 Å². The maximum atomic E-state index is 5.07.